The number of aromatic nitrogens is 3. The summed E-state index contributed by atoms with van der Waals surface area (Å²) in [6.07, 6.45) is 4.26. The molecule has 3 saturated heterocycles. The Hall–Kier alpha value is -5.34. The molecule has 12 nitrogen and oxygen atoms in total. The molecule has 2 amide bonds. The number of piperidine rings is 1. The van der Waals surface area contributed by atoms with Crippen molar-refractivity contribution in [3.63, 3.8) is 0 Å². The van der Waals surface area contributed by atoms with Gasteiger partial charge in [0.05, 0.1) is 45.9 Å². The minimum absolute atomic E-state index is 0.0146. The molecule has 1 aromatic heterocycles. The number of rotatable bonds is 12. The first-order valence-electron chi connectivity index (χ1n) is 21.3. The summed E-state index contributed by atoms with van der Waals surface area (Å²) in [7, 11) is -0.648. The van der Waals surface area contributed by atoms with Crippen LogP contribution >= 0.6 is 0 Å². The van der Waals surface area contributed by atoms with E-state index in [4.69, 9.17) is 9.47 Å². The molecule has 3 fully saturated rings. The van der Waals surface area contributed by atoms with Crippen LogP contribution in [0.4, 0.5) is 17.1 Å². The fourth-order valence-corrected chi connectivity index (χ4v) is 14.8. The van der Waals surface area contributed by atoms with E-state index in [-0.39, 0.29) is 36.0 Å². The minimum atomic E-state index is -2.33. The van der Waals surface area contributed by atoms with Crippen LogP contribution in [-0.4, -0.2) is 85.1 Å². The molecule has 60 heavy (non-hydrogen) atoms. The number of methoxy groups -OCH3 is 1. The Bertz CT molecular complexity index is 2330. The molecule has 2 spiro atoms. The molecule has 4 aliphatic heterocycles. The van der Waals surface area contributed by atoms with E-state index in [9.17, 15) is 9.90 Å². The Labute approximate surface area is 353 Å². The number of ether oxygens (including phenoxy) is 2. The lowest BCUT2D eigenvalue weighted by Gasteiger charge is -2.39. The standard InChI is InChI=1S/C47H55N7O5Si/c1-33-43(60(3,4)39-20-18-38(58-2)19-21-39)42(22-28-51-31-35(23-29-55)49-50-51)59-47(33)40-12-8-9-13-41(40)52(45(47)57)30-34-14-16-36(17-15-34)53-32-54(37-10-6-5-7-11-37)46(44(53)56)24-26-48-27-25-46/h5-21,31,33,42-43,48,55H,22-30,32H2,1-4H3/t33-,42+,43-,47+/m0/s1. The van der Waals surface area contributed by atoms with Crippen LogP contribution in [0.1, 0.15) is 43.0 Å². The average Bonchev–Trinajstić information content (AvgIpc) is 4.00. The van der Waals surface area contributed by atoms with Gasteiger partial charge in [-0.3, -0.25) is 19.2 Å². The Morgan fingerprint density at radius 1 is 0.900 bits per heavy atom. The predicted molar refractivity (Wildman–Crippen MR) is 235 cm³/mol. The number of carbonyl (C=O) groups is 2. The number of aliphatic hydroxyl groups is 1. The molecule has 0 saturated carbocycles. The van der Waals surface area contributed by atoms with Gasteiger partial charge in [-0.15, -0.1) is 5.10 Å². The van der Waals surface area contributed by atoms with Crippen molar-refractivity contribution in [2.24, 2.45) is 5.92 Å². The van der Waals surface area contributed by atoms with E-state index in [1.165, 1.54) is 5.19 Å². The van der Waals surface area contributed by atoms with Crippen molar-refractivity contribution in [2.75, 3.05) is 48.2 Å². The van der Waals surface area contributed by atoms with Crippen molar-refractivity contribution in [1.82, 2.24) is 20.3 Å². The van der Waals surface area contributed by atoms with Crippen molar-refractivity contribution in [3.05, 3.63) is 126 Å². The first-order valence-corrected chi connectivity index (χ1v) is 24.4. The summed E-state index contributed by atoms with van der Waals surface area (Å²) >= 11 is 0. The van der Waals surface area contributed by atoms with Crippen molar-refractivity contribution >= 4 is 42.1 Å². The molecule has 4 atom stereocenters. The number of amides is 2. The van der Waals surface area contributed by atoms with Gasteiger partial charge in [0.2, 0.25) is 0 Å². The van der Waals surface area contributed by atoms with Gasteiger partial charge in [-0.05, 0) is 85.9 Å². The monoisotopic (exact) mass is 825 g/mol. The van der Waals surface area contributed by atoms with Gasteiger partial charge < -0.3 is 29.7 Å². The van der Waals surface area contributed by atoms with E-state index in [0.29, 0.717) is 32.6 Å². The highest BCUT2D eigenvalue weighted by atomic mass is 28.3. The second kappa shape index (κ2) is 15.9. The molecule has 312 valence electrons. The van der Waals surface area contributed by atoms with Crippen LogP contribution in [0.5, 0.6) is 5.75 Å². The quantitative estimate of drug-likeness (QED) is 0.155. The first-order chi connectivity index (χ1) is 29.1. The fourth-order valence-electron chi connectivity index (χ4n) is 10.8. The molecule has 0 radical (unpaired) electrons. The van der Waals surface area contributed by atoms with Crippen molar-refractivity contribution < 1.29 is 24.2 Å². The van der Waals surface area contributed by atoms with Gasteiger partial charge in [0, 0.05) is 48.6 Å². The maximum absolute atomic E-state index is 15.3. The van der Waals surface area contributed by atoms with Crippen LogP contribution in [0.25, 0.3) is 0 Å². The third kappa shape index (κ3) is 6.62. The number of hydrogen-bond acceptors (Lipinski definition) is 9. The Kier molecular flexibility index (Phi) is 10.6. The third-order valence-electron chi connectivity index (χ3n) is 13.9. The molecule has 4 aromatic carbocycles. The van der Waals surface area contributed by atoms with Gasteiger partial charge in [0.1, 0.15) is 11.3 Å². The second-order valence-electron chi connectivity index (χ2n) is 17.4. The Morgan fingerprint density at radius 3 is 2.33 bits per heavy atom. The van der Waals surface area contributed by atoms with E-state index < -0.39 is 19.2 Å². The lowest BCUT2D eigenvalue weighted by atomic mass is 9.82. The summed E-state index contributed by atoms with van der Waals surface area (Å²) in [5.74, 6) is 0.772. The van der Waals surface area contributed by atoms with Crippen LogP contribution in [0.3, 0.4) is 0 Å². The zero-order valence-electron chi connectivity index (χ0n) is 35.0. The normalized spacial score (nSPS) is 23.6. The average molecular weight is 826 g/mol. The molecule has 2 N–H and O–H groups in total. The van der Waals surface area contributed by atoms with Gasteiger partial charge in [0.25, 0.3) is 11.8 Å². The molecule has 5 heterocycles. The largest absolute Gasteiger partial charge is 0.497 e. The highest BCUT2D eigenvalue weighted by Crippen LogP contribution is 2.60. The number of benzene rings is 4. The SMILES string of the molecule is COc1ccc([Si](C)(C)[C@@H]2[C@@H](CCn3cc(CCO)nn3)O[C@]3(C(=O)N(Cc4ccc(N5CN(c6ccccc6)C6(CCNCC6)C5=O)cc4)c4ccccc43)[C@H]2C)cc1. The fraction of sp³-hybridized carbons (Fsp3) is 0.404. The number of para-hydroxylation sites is 2. The highest BCUT2D eigenvalue weighted by Gasteiger charge is 2.66. The molecule has 0 unspecified atom stereocenters. The molecular weight excluding hydrogens is 771 g/mol. The molecule has 0 aliphatic carbocycles. The lowest BCUT2D eigenvalue weighted by Crippen LogP contribution is -2.55. The maximum atomic E-state index is 15.3. The Morgan fingerprint density at radius 2 is 1.62 bits per heavy atom. The second-order valence-corrected chi connectivity index (χ2v) is 22.1. The van der Waals surface area contributed by atoms with E-state index in [0.717, 1.165) is 65.6 Å². The number of fused-ring (bicyclic) bond motifs is 2. The van der Waals surface area contributed by atoms with Gasteiger partial charge in [0.15, 0.2) is 5.60 Å². The molecule has 13 heteroatoms. The number of aliphatic hydroxyl groups excluding tert-OH is 1. The topological polar surface area (TPSA) is 125 Å². The van der Waals surface area contributed by atoms with Gasteiger partial charge >= 0.3 is 0 Å². The van der Waals surface area contributed by atoms with E-state index in [1.807, 2.05) is 81.3 Å². The van der Waals surface area contributed by atoms with E-state index in [2.05, 4.69) is 83.0 Å². The summed E-state index contributed by atoms with van der Waals surface area (Å²) in [5.41, 5.74) is 3.74. The molecular formula is C47H55N7O5Si. The molecule has 9 rings (SSSR count). The number of carbonyl (C=O) groups excluding carboxylic acids is 2. The molecule has 5 aromatic rings. The van der Waals surface area contributed by atoms with Crippen molar-refractivity contribution in [2.45, 2.75) is 81.6 Å². The first kappa shape index (κ1) is 40.1. The zero-order valence-corrected chi connectivity index (χ0v) is 36.0. The van der Waals surface area contributed by atoms with E-state index >= 15 is 4.79 Å². The van der Waals surface area contributed by atoms with Crippen LogP contribution < -0.4 is 29.9 Å². The Balaban J connectivity index is 1.01. The van der Waals surface area contributed by atoms with E-state index in [1.54, 1.807) is 7.11 Å². The summed E-state index contributed by atoms with van der Waals surface area (Å²) in [5, 5.41) is 22.8. The summed E-state index contributed by atoms with van der Waals surface area (Å²) in [6, 6.07) is 35.0. The summed E-state index contributed by atoms with van der Waals surface area (Å²) < 4.78 is 14.7. The van der Waals surface area contributed by atoms with Crippen molar-refractivity contribution in [1.29, 1.82) is 0 Å². The number of nitrogens with one attached hydrogen (secondary N) is 1. The van der Waals surface area contributed by atoms with Crippen LogP contribution in [0.2, 0.25) is 18.6 Å². The third-order valence-corrected chi connectivity index (χ3v) is 18.2. The smallest absolute Gasteiger partial charge is 0.264 e. The lowest BCUT2D eigenvalue weighted by molar-refractivity contribution is -0.146. The van der Waals surface area contributed by atoms with Gasteiger partial charge in [-0.1, -0.05) is 91.1 Å². The number of anilines is 3. The number of aryl methyl sites for hydroxylation is 1. The van der Waals surface area contributed by atoms with Crippen LogP contribution in [-0.2, 0) is 39.4 Å². The highest BCUT2D eigenvalue weighted by molar-refractivity contribution is 6.91. The van der Waals surface area contributed by atoms with Crippen LogP contribution in [0.15, 0.2) is 109 Å². The number of hydrogen-bond donors (Lipinski definition) is 2. The van der Waals surface area contributed by atoms with Crippen LogP contribution in [0, 0.1) is 5.92 Å². The summed E-state index contributed by atoms with van der Waals surface area (Å²) in [4.78, 5) is 35.8. The molecule has 0 bridgehead atoms. The maximum Gasteiger partial charge on any atom is 0.264 e. The van der Waals surface area contributed by atoms with Gasteiger partial charge in [-0.25, -0.2) is 0 Å². The van der Waals surface area contributed by atoms with Crippen molar-refractivity contribution in [3.8, 4) is 5.75 Å². The zero-order chi connectivity index (χ0) is 41.6. The van der Waals surface area contributed by atoms with Gasteiger partial charge in [-0.2, -0.15) is 0 Å². The molecule has 4 aliphatic rings. The number of nitrogens with zero attached hydrogens (tertiary/aromatic N) is 6. The summed E-state index contributed by atoms with van der Waals surface area (Å²) in [6.45, 7) is 10.0. The predicted octanol–water partition coefficient (Wildman–Crippen LogP) is 5.61. The minimum Gasteiger partial charge on any atom is -0.497 e.